The zero-order chi connectivity index (χ0) is 13.0. The largest absolute Gasteiger partial charge is 0.481 e. The number of ether oxygens (including phenoxy) is 1. The van der Waals surface area contributed by atoms with E-state index in [1.54, 1.807) is 0 Å². The minimum absolute atomic E-state index is 0.167. The number of rotatable bonds is 8. The van der Waals surface area contributed by atoms with Gasteiger partial charge in [-0.3, -0.25) is 4.79 Å². The van der Waals surface area contributed by atoms with Gasteiger partial charge in [-0.2, -0.15) is 0 Å². The maximum atomic E-state index is 11.3. The summed E-state index contributed by atoms with van der Waals surface area (Å²) in [6.45, 7) is 4.44. The molecule has 104 valence electrons. The molecule has 4 unspecified atom stereocenters. The van der Waals surface area contributed by atoms with Crippen molar-refractivity contribution >= 4 is 5.97 Å². The number of fused-ring (bicyclic) bond motifs is 2. The van der Waals surface area contributed by atoms with Gasteiger partial charge in [-0.15, -0.1) is 0 Å². The van der Waals surface area contributed by atoms with E-state index in [1.807, 2.05) is 0 Å². The SMILES string of the molecule is CCCCOCCNC1C2CCC(C2)C1C(=O)O. The molecule has 0 aromatic rings. The van der Waals surface area contributed by atoms with Gasteiger partial charge in [0.15, 0.2) is 0 Å². The minimum atomic E-state index is -0.619. The van der Waals surface area contributed by atoms with Gasteiger partial charge in [-0.05, 0) is 37.5 Å². The number of hydrogen-bond acceptors (Lipinski definition) is 3. The van der Waals surface area contributed by atoms with Gasteiger partial charge in [0, 0.05) is 19.2 Å². The van der Waals surface area contributed by atoms with Crippen molar-refractivity contribution in [2.24, 2.45) is 17.8 Å². The van der Waals surface area contributed by atoms with E-state index >= 15 is 0 Å². The average molecular weight is 255 g/mol. The van der Waals surface area contributed by atoms with Crippen LogP contribution in [0.1, 0.15) is 39.0 Å². The second kappa shape index (κ2) is 6.53. The lowest BCUT2D eigenvalue weighted by Crippen LogP contribution is -2.45. The number of carboxylic acid groups (broad SMARTS) is 1. The van der Waals surface area contributed by atoms with Crippen LogP contribution in [0.15, 0.2) is 0 Å². The van der Waals surface area contributed by atoms with E-state index in [0.717, 1.165) is 38.8 Å². The summed E-state index contributed by atoms with van der Waals surface area (Å²) in [5.41, 5.74) is 0. The van der Waals surface area contributed by atoms with Crippen LogP contribution in [-0.2, 0) is 9.53 Å². The molecule has 0 saturated heterocycles. The van der Waals surface area contributed by atoms with Gasteiger partial charge in [-0.25, -0.2) is 0 Å². The van der Waals surface area contributed by atoms with Crippen LogP contribution in [0, 0.1) is 17.8 Å². The maximum Gasteiger partial charge on any atom is 0.308 e. The van der Waals surface area contributed by atoms with Crippen LogP contribution in [0.25, 0.3) is 0 Å². The van der Waals surface area contributed by atoms with Crippen LogP contribution >= 0.6 is 0 Å². The minimum Gasteiger partial charge on any atom is -0.481 e. The van der Waals surface area contributed by atoms with Gasteiger partial charge < -0.3 is 15.2 Å². The van der Waals surface area contributed by atoms with Crippen molar-refractivity contribution in [3.8, 4) is 0 Å². The summed E-state index contributed by atoms with van der Waals surface area (Å²) in [7, 11) is 0. The quantitative estimate of drug-likeness (QED) is 0.650. The molecule has 0 radical (unpaired) electrons. The fraction of sp³-hybridized carbons (Fsp3) is 0.929. The standard InChI is InChI=1S/C14H25NO3/c1-2-3-7-18-8-6-15-13-11-5-4-10(9-11)12(13)14(16)17/h10-13,15H,2-9H2,1H3,(H,16,17). The predicted octanol–water partition coefficient (Wildman–Crippen LogP) is 1.89. The second-order valence-electron chi connectivity index (χ2n) is 5.64. The normalized spacial score (nSPS) is 34.1. The van der Waals surface area contributed by atoms with Crippen molar-refractivity contribution in [3.63, 3.8) is 0 Å². The molecule has 4 nitrogen and oxygen atoms in total. The van der Waals surface area contributed by atoms with Crippen LogP contribution in [0.2, 0.25) is 0 Å². The van der Waals surface area contributed by atoms with E-state index in [2.05, 4.69) is 12.2 Å². The number of hydrogen-bond donors (Lipinski definition) is 2. The lowest BCUT2D eigenvalue weighted by Gasteiger charge is -2.29. The molecule has 0 aliphatic heterocycles. The Hall–Kier alpha value is -0.610. The molecule has 0 aromatic heterocycles. The highest BCUT2D eigenvalue weighted by Gasteiger charge is 2.50. The average Bonchev–Trinajstić information content (AvgIpc) is 2.93. The molecule has 4 atom stereocenters. The second-order valence-corrected chi connectivity index (χ2v) is 5.64. The van der Waals surface area contributed by atoms with E-state index in [9.17, 15) is 9.90 Å². The molecule has 2 aliphatic carbocycles. The summed E-state index contributed by atoms with van der Waals surface area (Å²) < 4.78 is 5.50. The number of unbranched alkanes of at least 4 members (excludes halogenated alkanes) is 1. The molecule has 2 fully saturated rings. The Kier molecular flexibility index (Phi) is 5.01. The van der Waals surface area contributed by atoms with E-state index in [0.29, 0.717) is 18.4 Å². The van der Waals surface area contributed by atoms with Gasteiger partial charge in [-0.1, -0.05) is 13.3 Å². The summed E-state index contributed by atoms with van der Waals surface area (Å²) in [6.07, 6.45) is 5.66. The van der Waals surface area contributed by atoms with Crippen molar-refractivity contribution in [2.75, 3.05) is 19.8 Å². The van der Waals surface area contributed by atoms with Crippen molar-refractivity contribution in [1.82, 2.24) is 5.32 Å². The highest BCUT2D eigenvalue weighted by Crippen LogP contribution is 2.48. The molecule has 0 heterocycles. The van der Waals surface area contributed by atoms with Crippen LogP contribution in [0.3, 0.4) is 0 Å². The lowest BCUT2D eigenvalue weighted by atomic mass is 9.84. The van der Waals surface area contributed by atoms with Crippen molar-refractivity contribution in [2.45, 2.75) is 45.1 Å². The zero-order valence-electron chi connectivity index (χ0n) is 11.2. The van der Waals surface area contributed by atoms with Crippen molar-refractivity contribution in [3.05, 3.63) is 0 Å². The number of carboxylic acids is 1. The van der Waals surface area contributed by atoms with Crippen LogP contribution in [-0.4, -0.2) is 36.9 Å². The highest BCUT2D eigenvalue weighted by atomic mass is 16.5. The van der Waals surface area contributed by atoms with E-state index in [1.165, 1.54) is 6.42 Å². The Labute approximate surface area is 109 Å². The van der Waals surface area contributed by atoms with Crippen LogP contribution < -0.4 is 5.32 Å². The summed E-state index contributed by atoms with van der Waals surface area (Å²) in [4.78, 5) is 11.3. The molecule has 2 saturated carbocycles. The number of aliphatic carboxylic acids is 1. The van der Waals surface area contributed by atoms with E-state index in [-0.39, 0.29) is 12.0 Å². The molecule has 2 rings (SSSR count). The van der Waals surface area contributed by atoms with Gasteiger partial charge in [0.05, 0.1) is 12.5 Å². The van der Waals surface area contributed by atoms with Crippen LogP contribution in [0.5, 0.6) is 0 Å². The number of nitrogens with one attached hydrogen (secondary N) is 1. The van der Waals surface area contributed by atoms with Crippen molar-refractivity contribution < 1.29 is 14.6 Å². The number of carbonyl (C=O) groups is 1. The first-order chi connectivity index (χ1) is 8.74. The molecular weight excluding hydrogens is 230 g/mol. The monoisotopic (exact) mass is 255 g/mol. The molecule has 2 N–H and O–H groups in total. The molecule has 2 aliphatic rings. The summed E-state index contributed by atoms with van der Waals surface area (Å²) in [5, 5.41) is 12.7. The Bertz CT molecular complexity index is 282. The first kappa shape index (κ1) is 13.8. The Balaban J connectivity index is 1.70. The van der Waals surface area contributed by atoms with E-state index in [4.69, 9.17) is 4.74 Å². The molecule has 0 spiro atoms. The fourth-order valence-corrected chi connectivity index (χ4v) is 3.59. The molecule has 0 amide bonds. The topological polar surface area (TPSA) is 58.6 Å². The zero-order valence-corrected chi connectivity index (χ0v) is 11.2. The Morgan fingerprint density at radius 3 is 2.83 bits per heavy atom. The fourth-order valence-electron chi connectivity index (χ4n) is 3.59. The predicted molar refractivity (Wildman–Crippen MR) is 69.5 cm³/mol. The van der Waals surface area contributed by atoms with Crippen LogP contribution in [0.4, 0.5) is 0 Å². The summed E-state index contributed by atoms with van der Waals surface area (Å²) in [6, 6.07) is 0.177. The highest BCUT2D eigenvalue weighted by molar-refractivity contribution is 5.72. The first-order valence-electron chi connectivity index (χ1n) is 7.28. The molecule has 2 bridgehead atoms. The third kappa shape index (κ3) is 3.04. The van der Waals surface area contributed by atoms with Gasteiger partial charge in [0.2, 0.25) is 0 Å². The lowest BCUT2D eigenvalue weighted by molar-refractivity contribution is -0.144. The Morgan fingerprint density at radius 2 is 2.11 bits per heavy atom. The smallest absolute Gasteiger partial charge is 0.308 e. The maximum absolute atomic E-state index is 11.3. The summed E-state index contributed by atoms with van der Waals surface area (Å²) in [5.74, 6) is 0.198. The van der Waals surface area contributed by atoms with Crippen molar-refractivity contribution in [1.29, 1.82) is 0 Å². The summed E-state index contributed by atoms with van der Waals surface area (Å²) >= 11 is 0. The molecule has 0 aromatic carbocycles. The van der Waals surface area contributed by atoms with Gasteiger partial charge in [0.1, 0.15) is 0 Å². The molecular formula is C14H25NO3. The third-order valence-electron chi connectivity index (χ3n) is 4.47. The van der Waals surface area contributed by atoms with E-state index < -0.39 is 5.97 Å². The molecule has 18 heavy (non-hydrogen) atoms. The third-order valence-corrected chi connectivity index (χ3v) is 4.47. The van der Waals surface area contributed by atoms with Gasteiger partial charge >= 0.3 is 5.97 Å². The molecule has 4 heteroatoms. The Morgan fingerprint density at radius 1 is 1.33 bits per heavy atom. The first-order valence-corrected chi connectivity index (χ1v) is 7.28. The van der Waals surface area contributed by atoms with Gasteiger partial charge in [0.25, 0.3) is 0 Å².